The molecule has 1 saturated heterocycles. The van der Waals surface area contributed by atoms with Gasteiger partial charge in [-0.05, 0) is 34.1 Å². The zero-order valence-electron chi connectivity index (χ0n) is 14.2. The lowest BCUT2D eigenvalue weighted by Crippen LogP contribution is -2.41. The van der Waals surface area contributed by atoms with Crippen molar-refractivity contribution in [2.45, 2.75) is 51.6 Å². The molecule has 0 radical (unpaired) electrons. The number of ether oxygens (including phenoxy) is 2. The molecular weight excluding hydrogens is 287 g/mol. The smallest absolute Gasteiger partial charge is 0.461 e. The van der Waals surface area contributed by atoms with Gasteiger partial charge in [-0.25, -0.2) is 0 Å². The van der Waals surface area contributed by atoms with E-state index in [1.807, 2.05) is 33.8 Å². The van der Waals surface area contributed by atoms with E-state index < -0.39 is 17.9 Å². The van der Waals surface area contributed by atoms with Crippen LogP contribution >= 0.6 is 0 Å². The van der Waals surface area contributed by atoms with Crippen LogP contribution in [0.3, 0.4) is 0 Å². The van der Waals surface area contributed by atoms with E-state index in [0.29, 0.717) is 6.32 Å². The van der Waals surface area contributed by atoms with Crippen molar-refractivity contribution >= 4 is 19.1 Å². The van der Waals surface area contributed by atoms with E-state index in [1.165, 1.54) is 14.2 Å². The largest absolute Gasteiger partial charge is 0.468 e. The van der Waals surface area contributed by atoms with Crippen molar-refractivity contribution in [2.75, 3.05) is 14.2 Å². The summed E-state index contributed by atoms with van der Waals surface area (Å²) in [6.07, 6.45) is 4.34. The number of hydrogen-bond donors (Lipinski definition) is 0. The number of esters is 2. The minimum atomic E-state index is -0.940. The van der Waals surface area contributed by atoms with E-state index in [0.717, 1.165) is 0 Å². The highest BCUT2D eigenvalue weighted by atomic mass is 16.7. The van der Waals surface area contributed by atoms with Gasteiger partial charge >= 0.3 is 19.1 Å². The molecule has 0 aliphatic carbocycles. The van der Waals surface area contributed by atoms with E-state index in [4.69, 9.17) is 9.31 Å². The molecule has 0 aromatic rings. The molecule has 124 valence electrons. The van der Waals surface area contributed by atoms with Crippen molar-refractivity contribution in [2.24, 2.45) is 5.92 Å². The Kier molecular flexibility index (Phi) is 6.20. The van der Waals surface area contributed by atoms with Crippen LogP contribution in [0.25, 0.3) is 0 Å². The van der Waals surface area contributed by atoms with Crippen LogP contribution in [0.4, 0.5) is 0 Å². The summed E-state index contributed by atoms with van der Waals surface area (Å²) < 4.78 is 20.9. The van der Waals surface area contributed by atoms with Gasteiger partial charge in [-0.1, -0.05) is 12.2 Å². The third kappa shape index (κ3) is 4.33. The summed E-state index contributed by atoms with van der Waals surface area (Å²) in [6.45, 7) is 7.95. The molecule has 1 aliphatic heterocycles. The van der Waals surface area contributed by atoms with Gasteiger partial charge < -0.3 is 18.8 Å². The van der Waals surface area contributed by atoms with Gasteiger partial charge in [-0.3, -0.25) is 9.59 Å². The second-order valence-electron chi connectivity index (χ2n) is 6.23. The predicted molar refractivity (Wildman–Crippen MR) is 82.2 cm³/mol. The van der Waals surface area contributed by atoms with Gasteiger partial charge in [0.15, 0.2) is 5.92 Å². The molecule has 0 amide bonds. The van der Waals surface area contributed by atoms with Crippen LogP contribution in [0.5, 0.6) is 0 Å². The fourth-order valence-electron chi connectivity index (χ4n) is 2.07. The van der Waals surface area contributed by atoms with Crippen molar-refractivity contribution in [1.82, 2.24) is 0 Å². The summed E-state index contributed by atoms with van der Waals surface area (Å²) in [5.41, 5.74) is -0.738. The Labute approximate surface area is 132 Å². The molecule has 0 unspecified atom stereocenters. The molecule has 7 heteroatoms. The number of rotatable bonds is 6. The minimum absolute atomic E-state index is 0.221. The third-order valence-corrected chi connectivity index (χ3v) is 4.14. The monoisotopic (exact) mass is 312 g/mol. The van der Waals surface area contributed by atoms with E-state index in [-0.39, 0.29) is 24.7 Å². The zero-order valence-corrected chi connectivity index (χ0v) is 14.2. The van der Waals surface area contributed by atoms with E-state index >= 15 is 0 Å². The molecule has 1 fully saturated rings. The number of carbonyl (C=O) groups excluding carboxylic acids is 2. The molecule has 0 bridgehead atoms. The first-order valence-electron chi connectivity index (χ1n) is 7.31. The highest BCUT2D eigenvalue weighted by Crippen LogP contribution is 2.37. The molecule has 22 heavy (non-hydrogen) atoms. The molecule has 0 spiro atoms. The zero-order chi connectivity index (χ0) is 17.0. The highest BCUT2D eigenvalue weighted by molar-refractivity contribution is 6.46. The van der Waals surface area contributed by atoms with Crippen LogP contribution < -0.4 is 0 Å². The fourth-order valence-corrected chi connectivity index (χ4v) is 2.07. The Balaban J connectivity index is 2.53. The number of allylic oxidation sites excluding steroid dienone is 2. The first kappa shape index (κ1) is 18.7. The fraction of sp³-hybridized carbons (Fsp3) is 0.733. The molecule has 1 heterocycles. The van der Waals surface area contributed by atoms with Crippen LogP contribution in [0.15, 0.2) is 12.2 Å². The Morgan fingerprint density at radius 2 is 1.45 bits per heavy atom. The van der Waals surface area contributed by atoms with E-state index in [9.17, 15) is 9.59 Å². The predicted octanol–water partition coefficient (Wildman–Crippen LogP) is 1.99. The summed E-state index contributed by atoms with van der Waals surface area (Å²) >= 11 is 0. The van der Waals surface area contributed by atoms with Crippen molar-refractivity contribution in [3.63, 3.8) is 0 Å². The second-order valence-corrected chi connectivity index (χ2v) is 6.23. The third-order valence-electron chi connectivity index (χ3n) is 4.14. The number of methoxy groups -OCH3 is 2. The molecule has 0 aromatic carbocycles. The van der Waals surface area contributed by atoms with Crippen molar-refractivity contribution in [3.05, 3.63) is 12.2 Å². The normalized spacial score (nSPS) is 19.7. The summed E-state index contributed by atoms with van der Waals surface area (Å²) in [7, 11) is 2.15. The standard InChI is InChI=1S/C15H25BO6/c1-14(2)15(3,4)22-16(21-14)10-8-7-9-11(12(17)19-5)13(18)20-6/h7-8,11H,9-10H2,1-6H3. The average molecular weight is 312 g/mol. The lowest BCUT2D eigenvalue weighted by Gasteiger charge is -2.32. The molecule has 0 aromatic heterocycles. The van der Waals surface area contributed by atoms with E-state index in [1.54, 1.807) is 6.08 Å². The molecule has 1 aliphatic rings. The van der Waals surface area contributed by atoms with Crippen molar-refractivity contribution in [1.29, 1.82) is 0 Å². The molecule has 0 atom stereocenters. The second kappa shape index (κ2) is 7.29. The van der Waals surface area contributed by atoms with Crippen molar-refractivity contribution < 1.29 is 28.4 Å². The van der Waals surface area contributed by atoms with Gasteiger partial charge in [-0.15, -0.1) is 0 Å². The maximum absolute atomic E-state index is 11.5. The molecule has 1 rings (SSSR count). The number of carbonyl (C=O) groups is 2. The molecule has 6 nitrogen and oxygen atoms in total. The van der Waals surface area contributed by atoms with Crippen LogP contribution in [0, 0.1) is 5.92 Å². The van der Waals surface area contributed by atoms with Crippen LogP contribution in [-0.2, 0) is 28.4 Å². The molecule has 0 saturated carbocycles. The van der Waals surface area contributed by atoms with Gasteiger partial charge in [0, 0.05) is 6.32 Å². The lowest BCUT2D eigenvalue weighted by molar-refractivity contribution is -0.158. The molecular formula is C15H25BO6. The summed E-state index contributed by atoms with van der Waals surface area (Å²) in [6, 6.07) is 0. The average Bonchev–Trinajstić information content (AvgIpc) is 2.65. The van der Waals surface area contributed by atoms with Gasteiger partial charge in [0.1, 0.15) is 0 Å². The van der Waals surface area contributed by atoms with Gasteiger partial charge in [0.2, 0.25) is 0 Å². The van der Waals surface area contributed by atoms with Gasteiger partial charge in [0.25, 0.3) is 0 Å². The Bertz CT molecular complexity index is 411. The SMILES string of the molecule is COC(=O)C(CC=CCB1OC(C)(C)C(C)(C)O1)C(=O)OC. The summed E-state index contributed by atoms with van der Waals surface area (Å²) in [5, 5.41) is 0. The highest BCUT2D eigenvalue weighted by Gasteiger charge is 2.50. The quantitative estimate of drug-likeness (QED) is 0.323. The number of hydrogen-bond acceptors (Lipinski definition) is 6. The summed E-state index contributed by atoms with van der Waals surface area (Å²) in [5.74, 6) is -2.15. The van der Waals surface area contributed by atoms with Crippen LogP contribution in [-0.4, -0.2) is 44.5 Å². The van der Waals surface area contributed by atoms with E-state index in [2.05, 4.69) is 9.47 Å². The molecule has 0 N–H and O–H groups in total. The first-order chi connectivity index (χ1) is 10.1. The Morgan fingerprint density at radius 3 is 1.86 bits per heavy atom. The van der Waals surface area contributed by atoms with Crippen molar-refractivity contribution in [3.8, 4) is 0 Å². The minimum Gasteiger partial charge on any atom is -0.468 e. The Morgan fingerprint density at radius 1 is 1.00 bits per heavy atom. The van der Waals surface area contributed by atoms with Gasteiger partial charge in [-0.2, -0.15) is 0 Å². The Hall–Kier alpha value is -1.34. The summed E-state index contributed by atoms with van der Waals surface area (Å²) in [4.78, 5) is 23.1. The van der Waals surface area contributed by atoms with Crippen LogP contribution in [0.2, 0.25) is 6.32 Å². The topological polar surface area (TPSA) is 71.1 Å². The lowest BCUT2D eigenvalue weighted by atomic mass is 9.84. The first-order valence-corrected chi connectivity index (χ1v) is 7.31. The maximum Gasteiger partial charge on any atom is 0.461 e. The maximum atomic E-state index is 11.5. The van der Waals surface area contributed by atoms with Gasteiger partial charge in [0.05, 0.1) is 25.4 Å². The van der Waals surface area contributed by atoms with Crippen LogP contribution in [0.1, 0.15) is 34.1 Å².